The van der Waals surface area contributed by atoms with Crippen LogP contribution in [-0.2, 0) is 11.2 Å². The summed E-state index contributed by atoms with van der Waals surface area (Å²) >= 11 is 3.46. The monoisotopic (exact) mass is 395 g/mol. The summed E-state index contributed by atoms with van der Waals surface area (Å²) in [5, 5.41) is 6.14. The van der Waals surface area contributed by atoms with Gasteiger partial charge < -0.3 is 10.6 Å². The average molecular weight is 396 g/mol. The number of amides is 1. The molecule has 0 spiro atoms. The lowest BCUT2D eigenvalue weighted by molar-refractivity contribution is -0.115. The van der Waals surface area contributed by atoms with Crippen molar-refractivity contribution in [3.63, 3.8) is 0 Å². The van der Waals surface area contributed by atoms with Crippen LogP contribution in [0.2, 0.25) is 0 Å². The average Bonchev–Trinajstić information content (AvgIpc) is 2.60. The zero-order valence-electron chi connectivity index (χ0n) is 13.8. The largest absolute Gasteiger partial charge is 0.354 e. The van der Waals surface area contributed by atoms with Gasteiger partial charge in [-0.15, -0.1) is 0 Å². The summed E-state index contributed by atoms with van der Waals surface area (Å²) < 4.78 is 1.05. The molecule has 0 fully saturated rings. The van der Waals surface area contributed by atoms with Gasteiger partial charge in [0.15, 0.2) is 0 Å². The summed E-state index contributed by atoms with van der Waals surface area (Å²) in [6.07, 6.45) is 2.04. The molecule has 0 bridgehead atoms. The van der Waals surface area contributed by atoms with Crippen LogP contribution in [0.1, 0.15) is 11.1 Å². The molecule has 1 aromatic heterocycles. The first kappa shape index (κ1) is 17.2. The zero-order valence-corrected chi connectivity index (χ0v) is 15.4. The van der Waals surface area contributed by atoms with Crippen LogP contribution in [0.15, 0.2) is 71.3 Å². The van der Waals surface area contributed by atoms with E-state index in [0.717, 1.165) is 27.0 Å². The summed E-state index contributed by atoms with van der Waals surface area (Å²) in [5.74, 6) is 0.460. The maximum Gasteiger partial charge on any atom is 0.229 e. The number of aryl methyl sites for hydroxylation is 1. The van der Waals surface area contributed by atoms with E-state index in [9.17, 15) is 4.79 Å². The van der Waals surface area contributed by atoms with Crippen LogP contribution in [0, 0.1) is 6.92 Å². The molecule has 0 saturated heterocycles. The zero-order chi connectivity index (χ0) is 17.6. The van der Waals surface area contributed by atoms with Crippen LogP contribution in [0.4, 0.5) is 17.2 Å². The number of halogens is 1. The first-order valence-corrected chi connectivity index (χ1v) is 8.72. The second-order valence-electron chi connectivity index (χ2n) is 5.73. The molecule has 0 unspecified atom stereocenters. The Morgan fingerprint density at radius 1 is 1.08 bits per heavy atom. The third kappa shape index (κ3) is 4.90. The molecule has 1 heterocycles. The number of benzene rings is 2. The van der Waals surface area contributed by atoms with E-state index in [1.807, 2.05) is 61.5 Å². The molecule has 2 N–H and O–H groups in total. The minimum absolute atomic E-state index is 0.0804. The molecule has 0 aliphatic heterocycles. The highest BCUT2D eigenvalue weighted by molar-refractivity contribution is 9.10. The number of carbonyl (C=O) groups is 1. The lowest BCUT2D eigenvalue weighted by atomic mass is 10.1. The molecule has 3 aromatic rings. The van der Waals surface area contributed by atoms with Gasteiger partial charge >= 0.3 is 0 Å². The molecule has 126 valence electrons. The number of anilines is 3. The van der Waals surface area contributed by atoms with Crippen molar-refractivity contribution >= 4 is 39.0 Å². The molecule has 4 nitrogen and oxygen atoms in total. The van der Waals surface area contributed by atoms with Crippen molar-refractivity contribution in [3.05, 3.63) is 82.5 Å². The van der Waals surface area contributed by atoms with Gasteiger partial charge in [-0.2, -0.15) is 0 Å². The van der Waals surface area contributed by atoms with E-state index in [4.69, 9.17) is 0 Å². The Morgan fingerprint density at radius 2 is 1.88 bits per heavy atom. The quantitative estimate of drug-likeness (QED) is 0.633. The Labute approximate surface area is 155 Å². The third-order valence-electron chi connectivity index (χ3n) is 3.71. The standard InChI is InChI=1S/C20H18BrN3O/c1-14-11-16(21)7-9-18(14)23-17-8-10-19(22-13-17)24-20(25)12-15-5-3-2-4-6-15/h2-11,13,23H,12H2,1H3,(H,22,24,25). The van der Waals surface area contributed by atoms with E-state index in [-0.39, 0.29) is 5.91 Å². The SMILES string of the molecule is Cc1cc(Br)ccc1Nc1ccc(NC(=O)Cc2ccccc2)nc1. The molecule has 1 amide bonds. The summed E-state index contributed by atoms with van der Waals surface area (Å²) in [5.41, 5.74) is 4.00. The predicted molar refractivity (Wildman–Crippen MR) is 105 cm³/mol. The molecule has 2 aromatic carbocycles. The maximum absolute atomic E-state index is 12.1. The second kappa shape index (κ2) is 7.94. The molecule has 3 rings (SSSR count). The van der Waals surface area contributed by atoms with Gasteiger partial charge in [-0.3, -0.25) is 4.79 Å². The molecule has 0 saturated carbocycles. The van der Waals surface area contributed by atoms with Gasteiger partial charge in [-0.25, -0.2) is 4.98 Å². The highest BCUT2D eigenvalue weighted by atomic mass is 79.9. The number of carbonyl (C=O) groups excluding carboxylic acids is 1. The van der Waals surface area contributed by atoms with E-state index >= 15 is 0 Å². The first-order chi connectivity index (χ1) is 12.1. The fraction of sp³-hybridized carbons (Fsp3) is 0.100. The lowest BCUT2D eigenvalue weighted by Crippen LogP contribution is -2.15. The highest BCUT2D eigenvalue weighted by Gasteiger charge is 2.05. The number of nitrogens with one attached hydrogen (secondary N) is 2. The Hall–Kier alpha value is -2.66. The Morgan fingerprint density at radius 3 is 2.56 bits per heavy atom. The van der Waals surface area contributed by atoms with Gasteiger partial charge in [0.2, 0.25) is 5.91 Å². The van der Waals surface area contributed by atoms with Crippen LogP contribution < -0.4 is 10.6 Å². The third-order valence-corrected chi connectivity index (χ3v) is 4.20. The van der Waals surface area contributed by atoms with Crippen LogP contribution in [-0.4, -0.2) is 10.9 Å². The number of rotatable bonds is 5. The molecule has 0 radical (unpaired) electrons. The van der Waals surface area contributed by atoms with Crippen molar-refractivity contribution in [1.29, 1.82) is 0 Å². The summed E-state index contributed by atoms with van der Waals surface area (Å²) in [6.45, 7) is 2.04. The summed E-state index contributed by atoms with van der Waals surface area (Å²) in [4.78, 5) is 16.4. The van der Waals surface area contributed by atoms with Crippen molar-refractivity contribution in [2.45, 2.75) is 13.3 Å². The van der Waals surface area contributed by atoms with Crippen molar-refractivity contribution in [2.75, 3.05) is 10.6 Å². The molecule has 0 atom stereocenters. The number of hydrogen-bond acceptors (Lipinski definition) is 3. The van der Waals surface area contributed by atoms with Gasteiger partial charge in [-0.1, -0.05) is 46.3 Å². The Bertz CT molecular complexity index is 864. The Balaban J connectivity index is 1.61. The molecule has 5 heteroatoms. The smallest absolute Gasteiger partial charge is 0.229 e. The van der Waals surface area contributed by atoms with Gasteiger partial charge in [-0.05, 0) is 48.4 Å². The fourth-order valence-electron chi connectivity index (χ4n) is 2.43. The van der Waals surface area contributed by atoms with Crippen LogP contribution in [0.25, 0.3) is 0 Å². The predicted octanol–water partition coefficient (Wildman–Crippen LogP) is 5.08. The number of pyridine rings is 1. The van der Waals surface area contributed by atoms with E-state index in [1.165, 1.54) is 0 Å². The molecule has 0 aliphatic rings. The highest BCUT2D eigenvalue weighted by Crippen LogP contribution is 2.23. The summed E-state index contributed by atoms with van der Waals surface area (Å²) in [7, 11) is 0. The van der Waals surface area contributed by atoms with Gasteiger partial charge in [0.25, 0.3) is 0 Å². The Kier molecular flexibility index (Phi) is 5.46. The van der Waals surface area contributed by atoms with Crippen molar-refractivity contribution in [2.24, 2.45) is 0 Å². The molecular formula is C20H18BrN3O. The maximum atomic E-state index is 12.1. The molecule has 25 heavy (non-hydrogen) atoms. The fourth-order valence-corrected chi connectivity index (χ4v) is 2.91. The van der Waals surface area contributed by atoms with Crippen LogP contribution in [0.5, 0.6) is 0 Å². The number of aromatic nitrogens is 1. The lowest BCUT2D eigenvalue weighted by Gasteiger charge is -2.10. The number of hydrogen-bond donors (Lipinski definition) is 2. The van der Waals surface area contributed by atoms with Crippen molar-refractivity contribution in [3.8, 4) is 0 Å². The number of nitrogens with zero attached hydrogens (tertiary/aromatic N) is 1. The van der Waals surface area contributed by atoms with Crippen molar-refractivity contribution in [1.82, 2.24) is 4.98 Å². The van der Waals surface area contributed by atoms with E-state index < -0.39 is 0 Å². The minimum atomic E-state index is -0.0804. The van der Waals surface area contributed by atoms with E-state index in [0.29, 0.717) is 12.2 Å². The summed E-state index contributed by atoms with van der Waals surface area (Å²) in [6, 6.07) is 19.4. The molecule has 0 aliphatic carbocycles. The van der Waals surface area contributed by atoms with E-state index in [1.54, 1.807) is 12.3 Å². The topological polar surface area (TPSA) is 54.0 Å². The second-order valence-corrected chi connectivity index (χ2v) is 6.64. The molecular weight excluding hydrogens is 378 g/mol. The van der Waals surface area contributed by atoms with Crippen LogP contribution >= 0.6 is 15.9 Å². The van der Waals surface area contributed by atoms with Crippen LogP contribution in [0.3, 0.4) is 0 Å². The van der Waals surface area contributed by atoms with Gasteiger partial charge in [0, 0.05) is 10.2 Å². The minimum Gasteiger partial charge on any atom is -0.354 e. The van der Waals surface area contributed by atoms with Gasteiger partial charge in [0.1, 0.15) is 5.82 Å². The van der Waals surface area contributed by atoms with E-state index in [2.05, 4.69) is 31.5 Å². The van der Waals surface area contributed by atoms with Gasteiger partial charge in [0.05, 0.1) is 18.3 Å². The first-order valence-electron chi connectivity index (χ1n) is 7.93. The van der Waals surface area contributed by atoms with Crippen molar-refractivity contribution < 1.29 is 4.79 Å². The normalized spacial score (nSPS) is 10.3.